The zero-order valence-electron chi connectivity index (χ0n) is 13.8. The van der Waals surface area contributed by atoms with E-state index in [0.29, 0.717) is 38.7 Å². The molecule has 0 bridgehead atoms. The number of hydrogen-bond donors (Lipinski definition) is 1. The Kier molecular flexibility index (Phi) is 4.18. The summed E-state index contributed by atoms with van der Waals surface area (Å²) in [5.41, 5.74) is 2.73. The van der Waals surface area contributed by atoms with Crippen LogP contribution in [0.4, 0.5) is 11.5 Å². The third-order valence-corrected chi connectivity index (χ3v) is 4.45. The third-order valence-electron chi connectivity index (χ3n) is 3.92. The Balaban J connectivity index is 1.88. The summed E-state index contributed by atoms with van der Waals surface area (Å²) in [6, 6.07) is 8.84. The van der Waals surface area contributed by atoms with Crippen molar-refractivity contribution in [2.45, 2.75) is 0 Å². The minimum Gasteiger partial charge on any atom is -0.495 e. The molecule has 0 aliphatic heterocycles. The Morgan fingerprint density at radius 2 is 1.85 bits per heavy atom. The molecular weight excluding hydrogens is 377 g/mol. The van der Waals surface area contributed by atoms with Gasteiger partial charge in [-0.2, -0.15) is 0 Å². The monoisotopic (exact) mass is 389 g/mol. The molecule has 0 saturated carbocycles. The Morgan fingerprint density at radius 3 is 2.62 bits per heavy atom. The van der Waals surface area contributed by atoms with Gasteiger partial charge < -0.3 is 14.8 Å². The fourth-order valence-corrected chi connectivity index (χ4v) is 3.10. The smallest absolute Gasteiger partial charge is 0.204 e. The predicted molar refractivity (Wildman–Crippen MR) is 101 cm³/mol. The largest absolute Gasteiger partial charge is 0.495 e. The summed E-state index contributed by atoms with van der Waals surface area (Å²) in [4.78, 5) is 4.64. The van der Waals surface area contributed by atoms with Crippen LogP contribution in [0.1, 0.15) is 0 Å². The van der Waals surface area contributed by atoms with Gasteiger partial charge in [-0.15, -0.1) is 10.2 Å². The van der Waals surface area contributed by atoms with Gasteiger partial charge in [0.2, 0.25) is 5.65 Å². The van der Waals surface area contributed by atoms with Gasteiger partial charge in [0, 0.05) is 11.1 Å². The lowest BCUT2D eigenvalue weighted by Crippen LogP contribution is -2.02. The maximum atomic E-state index is 6.25. The first kappa shape index (κ1) is 16.7. The first-order chi connectivity index (χ1) is 12.6. The standard InChI is InChI=1S/C17H13Cl2N5O2/c1-25-14-7-15(26-2)12(6-10(14)19)22-16-17-23-20-8-24(17)13-5-9(18)3-4-11(13)21-16/h3-8H,1-2H3,(H,21,22). The molecule has 2 heterocycles. The molecule has 1 N–H and O–H groups in total. The zero-order chi connectivity index (χ0) is 18.3. The van der Waals surface area contributed by atoms with Crippen LogP contribution in [0.2, 0.25) is 10.0 Å². The van der Waals surface area contributed by atoms with Crippen molar-refractivity contribution in [3.63, 3.8) is 0 Å². The van der Waals surface area contributed by atoms with Crippen LogP contribution < -0.4 is 14.8 Å². The predicted octanol–water partition coefficient (Wildman–Crippen LogP) is 4.35. The molecule has 0 fully saturated rings. The highest BCUT2D eigenvalue weighted by Crippen LogP contribution is 2.37. The van der Waals surface area contributed by atoms with Gasteiger partial charge in [-0.3, -0.25) is 4.40 Å². The van der Waals surface area contributed by atoms with Crippen LogP contribution in [0.15, 0.2) is 36.7 Å². The number of ether oxygens (including phenoxy) is 2. The van der Waals surface area contributed by atoms with E-state index in [1.54, 1.807) is 38.7 Å². The number of fused-ring (bicyclic) bond motifs is 3. The fourth-order valence-electron chi connectivity index (χ4n) is 2.70. The minimum absolute atomic E-state index is 0.445. The third kappa shape index (κ3) is 2.75. The Morgan fingerprint density at radius 1 is 1.04 bits per heavy atom. The van der Waals surface area contributed by atoms with Gasteiger partial charge in [-0.1, -0.05) is 23.2 Å². The molecule has 2 aromatic carbocycles. The zero-order valence-corrected chi connectivity index (χ0v) is 15.3. The molecule has 0 atom stereocenters. The summed E-state index contributed by atoms with van der Waals surface area (Å²) in [7, 11) is 3.11. The van der Waals surface area contributed by atoms with Gasteiger partial charge in [0.05, 0.1) is 36.0 Å². The summed E-state index contributed by atoms with van der Waals surface area (Å²) in [6.07, 6.45) is 1.61. The number of nitrogens with one attached hydrogen (secondary N) is 1. The number of anilines is 2. The molecule has 0 saturated heterocycles. The molecule has 0 spiro atoms. The molecule has 4 aromatic rings. The summed E-state index contributed by atoms with van der Waals surface area (Å²) >= 11 is 12.3. The average molecular weight is 390 g/mol. The maximum absolute atomic E-state index is 6.25. The van der Waals surface area contributed by atoms with Gasteiger partial charge in [0.25, 0.3) is 0 Å². The molecule has 0 aliphatic rings. The molecule has 9 heteroatoms. The maximum Gasteiger partial charge on any atom is 0.204 e. The van der Waals surface area contributed by atoms with Crippen molar-refractivity contribution in [3.8, 4) is 11.5 Å². The van der Waals surface area contributed by atoms with Crippen LogP contribution in [0.5, 0.6) is 11.5 Å². The SMILES string of the molecule is COc1cc(OC)c(Nc2nc3ccc(Cl)cc3n3cnnc23)cc1Cl. The highest BCUT2D eigenvalue weighted by Gasteiger charge is 2.15. The van der Waals surface area contributed by atoms with Gasteiger partial charge in [0.15, 0.2) is 5.82 Å². The van der Waals surface area contributed by atoms with E-state index >= 15 is 0 Å². The van der Waals surface area contributed by atoms with Crippen molar-refractivity contribution in [2.75, 3.05) is 19.5 Å². The van der Waals surface area contributed by atoms with Crippen molar-refractivity contribution in [3.05, 3.63) is 46.7 Å². The van der Waals surface area contributed by atoms with Crippen LogP contribution in [0.3, 0.4) is 0 Å². The second kappa shape index (κ2) is 6.51. The van der Waals surface area contributed by atoms with Crippen molar-refractivity contribution in [2.24, 2.45) is 0 Å². The van der Waals surface area contributed by atoms with E-state index in [0.717, 1.165) is 11.0 Å². The van der Waals surface area contributed by atoms with E-state index in [1.807, 2.05) is 16.5 Å². The molecule has 4 rings (SSSR count). The summed E-state index contributed by atoms with van der Waals surface area (Å²) in [6.45, 7) is 0. The molecule has 0 amide bonds. The summed E-state index contributed by atoms with van der Waals surface area (Å²) < 4.78 is 12.5. The molecule has 0 aliphatic carbocycles. The lowest BCUT2D eigenvalue weighted by molar-refractivity contribution is 0.396. The number of halogens is 2. The highest BCUT2D eigenvalue weighted by molar-refractivity contribution is 6.32. The number of aromatic nitrogens is 4. The topological polar surface area (TPSA) is 73.6 Å². The quantitative estimate of drug-likeness (QED) is 0.559. The number of nitrogens with zero attached hydrogens (tertiary/aromatic N) is 4. The fraction of sp³-hybridized carbons (Fsp3) is 0.118. The van der Waals surface area contributed by atoms with Crippen LogP contribution in [-0.2, 0) is 0 Å². The highest BCUT2D eigenvalue weighted by atomic mass is 35.5. The average Bonchev–Trinajstić information content (AvgIpc) is 3.13. The molecular formula is C17H13Cl2N5O2. The van der Waals surface area contributed by atoms with Crippen molar-refractivity contribution >= 4 is 51.4 Å². The number of rotatable bonds is 4. The van der Waals surface area contributed by atoms with Crippen LogP contribution in [0.25, 0.3) is 16.7 Å². The molecule has 7 nitrogen and oxygen atoms in total. The minimum atomic E-state index is 0.445. The van der Waals surface area contributed by atoms with Gasteiger partial charge in [0.1, 0.15) is 17.8 Å². The van der Waals surface area contributed by atoms with Gasteiger partial charge in [-0.25, -0.2) is 4.98 Å². The number of methoxy groups -OCH3 is 2. The van der Waals surface area contributed by atoms with Crippen LogP contribution >= 0.6 is 23.2 Å². The van der Waals surface area contributed by atoms with Crippen molar-refractivity contribution in [1.82, 2.24) is 19.6 Å². The number of benzene rings is 2. The van der Waals surface area contributed by atoms with E-state index < -0.39 is 0 Å². The second-order valence-electron chi connectivity index (χ2n) is 5.43. The first-order valence-corrected chi connectivity index (χ1v) is 8.34. The lowest BCUT2D eigenvalue weighted by Gasteiger charge is -2.14. The van der Waals surface area contributed by atoms with E-state index in [-0.39, 0.29) is 0 Å². The first-order valence-electron chi connectivity index (χ1n) is 7.58. The molecule has 0 unspecified atom stereocenters. The summed E-state index contributed by atoms with van der Waals surface area (Å²) in [5.74, 6) is 1.58. The van der Waals surface area contributed by atoms with E-state index in [2.05, 4.69) is 20.5 Å². The van der Waals surface area contributed by atoms with Crippen molar-refractivity contribution < 1.29 is 9.47 Å². The number of hydrogen-bond acceptors (Lipinski definition) is 6. The molecule has 2 aromatic heterocycles. The van der Waals surface area contributed by atoms with Gasteiger partial charge >= 0.3 is 0 Å². The van der Waals surface area contributed by atoms with Crippen molar-refractivity contribution in [1.29, 1.82) is 0 Å². The molecule has 26 heavy (non-hydrogen) atoms. The van der Waals surface area contributed by atoms with Gasteiger partial charge in [-0.05, 0) is 24.3 Å². The summed E-state index contributed by atoms with van der Waals surface area (Å²) in [5, 5.41) is 12.4. The lowest BCUT2D eigenvalue weighted by atomic mass is 10.2. The van der Waals surface area contributed by atoms with Crippen LogP contribution in [-0.4, -0.2) is 33.8 Å². The Hall–Kier alpha value is -2.77. The van der Waals surface area contributed by atoms with E-state index in [4.69, 9.17) is 32.7 Å². The molecule has 132 valence electrons. The Bertz CT molecular complexity index is 1130. The Labute approximate surface area is 158 Å². The van der Waals surface area contributed by atoms with E-state index in [9.17, 15) is 0 Å². The second-order valence-corrected chi connectivity index (χ2v) is 6.27. The molecule has 0 radical (unpaired) electrons. The van der Waals surface area contributed by atoms with E-state index in [1.165, 1.54) is 0 Å². The normalized spacial score (nSPS) is 11.1. The van der Waals surface area contributed by atoms with Crippen LogP contribution in [0, 0.1) is 0 Å².